The van der Waals surface area contributed by atoms with Crippen molar-refractivity contribution >= 4 is 79.5 Å². The average molecular weight is 791 g/mol. The Labute approximate surface area is 351 Å². The Morgan fingerprint density at radius 2 is 0.736 bits per heavy atom. The van der Waals surface area contributed by atoms with E-state index in [1.165, 1.54) is 111 Å². The van der Waals surface area contributed by atoms with Crippen LogP contribution in [0.15, 0.2) is 70.5 Å². The van der Waals surface area contributed by atoms with Crippen LogP contribution in [0.5, 0.6) is 0 Å². The SMILES string of the molecule is CCCCCCc1cc(CCCCCC)c2ccc(S(=O)(=O)[O-])cc2c1.CCCCCCc1cc(CCCCCC)c2ccc(S(=O)(=O)[O-])cc2c1.[Ca+2]. The van der Waals surface area contributed by atoms with E-state index in [1.54, 1.807) is 24.3 Å². The third-order valence-electron chi connectivity index (χ3n) is 9.95. The van der Waals surface area contributed by atoms with Crippen molar-refractivity contribution in [2.24, 2.45) is 0 Å². The molecule has 0 spiro atoms. The van der Waals surface area contributed by atoms with Crippen LogP contribution in [0.2, 0.25) is 0 Å². The molecule has 0 aliphatic heterocycles. The number of fused-ring (bicyclic) bond motifs is 2. The van der Waals surface area contributed by atoms with Crippen LogP contribution in [0.1, 0.15) is 153 Å². The summed E-state index contributed by atoms with van der Waals surface area (Å²) >= 11 is 0. The Morgan fingerprint density at radius 1 is 0.415 bits per heavy atom. The van der Waals surface area contributed by atoms with Crippen LogP contribution in [0.25, 0.3) is 21.5 Å². The van der Waals surface area contributed by atoms with E-state index >= 15 is 0 Å². The molecule has 0 fully saturated rings. The van der Waals surface area contributed by atoms with Gasteiger partial charge in [-0.3, -0.25) is 0 Å². The van der Waals surface area contributed by atoms with Crippen molar-refractivity contribution in [3.8, 4) is 0 Å². The second-order valence-corrected chi connectivity index (χ2v) is 17.2. The van der Waals surface area contributed by atoms with Crippen molar-refractivity contribution in [3.05, 3.63) is 82.9 Å². The second kappa shape index (κ2) is 24.9. The Bertz CT molecular complexity index is 1770. The molecule has 0 aliphatic carbocycles. The van der Waals surface area contributed by atoms with Crippen molar-refractivity contribution in [2.75, 3.05) is 0 Å². The molecule has 0 saturated heterocycles. The molecule has 0 atom stereocenters. The van der Waals surface area contributed by atoms with Gasteiger partial charge in [0.25, 0.3) is 0 Å². The number of aryl methyl sites for hydroxylation is 4. The minimum absolute atomic E-state index is 0. The average Bonchev–Trinajstić information content (AvgIpc) is 3.11. The van der Waals surface area contributed by atoms with Gasteiger partial charge in [0.2, 0.25) is 0 Å². The van der Waals surface area contributed by atoms with Crippen LogP contribution < -0.4 is 0 Å². The van der Waals surface area contributed by atoms with E-state index in [4.69, 9.17) is 0 Å². The first-order valence-corrected chi connectivity index (χ1v) is 22.8. The molecular weight excluding hydrogens is 729 g/mol. The summed E-state index contributed by atoms with van der Waals surface area (Å²) in [6, 6.07) is 18.3. The molecule has 6 nitrogen and oxygen atoms in total. The van der Waals surface area contributed by atoms with Crippen molar-refractivity contribution in [2.45, 2.75) is 166 Å². The number of rotatable bonds is 22. The topological polar surface area (TPSA) is 114 Å². The van der Waals surface area contributed by atoms with Gasteiger partial charge >= 0.3 is 37.7 Å². The molecular formula is C44H62CaO6S2. The Morgan fingerprint density at radius 3 is 1.04 bits per heavy atom. The van der Waals surface area contributed by atoms with E-state index in [-0.39, 0.29) is 47.5 Å². The van der Waals surface area contributed by atoms with Crippen LogP contribution in [0.4, 0.5) is 0 Å². The molecule has 4 aromatic carbocycles. The van der Waals surface area contributed by atoms with E-state index in [2.05, 4.69) is 52.0 Å². The van der Waals surface area contributed by atoms with Crippen LogP contribution in [-0.2, 0) is 45.9 Å². The monoisotopic (exact) mass is 790 g/mol. The predicted molar refractivity (Wildman–Crippen MR) is 221 cm³/mol. The summed E-state index contributed by atoms with van der Waals surface area (Å²) in [5.41, 5.74) is 5.05. The fourth-order valence-electron chi connectivity index (χ4n) is 7.00. The molecule has 0 radical (unpaired) electrons. The van der Waals surface area contributed by atoms with Crippen LogP contribution >= 0.6 is 0 Å². The molecule has 0 aromatic heterocycles. The maximum absolute atomic E-state index is 11.4. The zero-order valence-corrected chi connectivity index (χ0v) is 36.7. The van der Waals surface area contributed by atoms with Gasteiger partial charge in [-0.1, -0.05) is 141 Å². The van der Waals surface area contributed by atoms with Crippen molar-refractivity contribution in [1.29, 1.82) is 0 Å². The number of unbranched alkanes of at least 4 members (excludes halogenated alkanes) is 12. The van der Waals surface area contributed by atoms with E-state index in [0.717, 1.165) is 72.9 Å². The summed E-state index contributed by atoms with van der Waals surface area (Å²) in [4.78, 5) is -0.268. The van der Waals surface area contributed by atoms with Gasteiger partial charge in [0.1, 0.15) is 20.2 Å². The summed E-state index contributed by atoms with van der Waals surface area (Å²) in [5.74, 6) is 0. The fourth-order valence-corrected chi connectivity index (χ4v) is 8.01. The molecule has 53 heavy (non-hydrogen) atoms. The Hall–Kier alpha value is -1.52. The van der Waals surface area contributed by atoms with Crippen LogP contribution in [0, 0.1) is 0 Å². The maximum Gasteiger partial charge on any atom is 2.00 e. The number of hydrogen-bond acceptors (Lipinski definition) is 6. The number of hydrogen-bond donors (Lipinski definition) is 0. The smallest absolute Gasteiger partial charge is 0.744 e. The molecule has 4 aromatic rings. The molecule has 288 valence electrons. The van der Waals surface area contributed by atoms with Gasteiger partial charge in [0, 0.05) is 0 Å². The van der Waals surface area contributed by atoms with E-state index in [1.807, 2.05) is 0 Å². The minimum Gasteiger partial charge on any atom is -0.744 e. The standard InChI is InChI=1S/2C22H32O3S.Ca/c2*1-3-5-7-9-11-18-15-19(12-10-8-6-4-2)22-14-13-21(26(23,24)25)17-20(22)16-18;/h2*13-17H,3-12H2,1-2H3,(H,23,24,25);/q;;+2/p-2. The summed E-state index contributed by atoms with van der Waals surface area (Å²) < 4.78 is 68.3. The summed E-state index contributed by atoms with van der Waals surface area (Å²) in [5, 5.41) is 3.90. The number of benzene rings is 4. The normalized spacial score (nSPS) is 11.7. The van der Waals surface area contributed by atoms with Gasteiger partial charge in [-0.2, -0.15) is 0 Å². The van der Waals surface area contributed by atoms with Crippen molar-refractivity contribution in [1.82, 2.24) is 0 Å². The third-order valence-corrected chi connectivity index (χ3v) is 11.6. The van der Waals surface area contributed by atoms with E-state index < -0.39 is 20.2 Å². The van der Waals surface area contributed by atoms with Crippen molar-refractivity contribution < 1.29 is 25.9 Å². The first kappa shape index (κ1) is 47.6. The second-order valence-electron chi connectivity index (χ2n) is 14.4. The molecule has 9 heteroatoms. The van der Waals surface area contributed by atoms with Gasteiger partial charge in [-0.25, -0.2) is 16.8 Å². The van der Waals surface area contributed by atoms with Crippen LogP contribution in [-0.4, -0.2) is 63.7 Å². The summed E-state index contributed by atoms with van der Waals surface area (Å²) in [6.07, 6.45) is 23.3. The zero-order valence-electron chi connectivity index (χ0n) is 32.9. The quantitative estimate of drug-likeness (QED) is 0.0445. The molecule has 0 heterocycles. The minimum atomic E-state index is -4.42. The van der Waals surface area contributed by atoms with Gasteiger partial charge in [-0.05, 0) is 119 Å². The predicted octanol–water partition coefficient (Wildman–Crippen LogP) is 11.6. The van der Waals surface area contributed by atoms with Gasteiger partial charge in [0.05, 0.1) is 9.79 Å². The molecule has 0 amide bonds. The van der Waals surface area contributed by atoms with E-state index in [9.17, 15) is 25.9 Å². The molecule has 0 aliphatic rings. The fraction of sp³-hybridized carbons (Fsp3) is 0.545. The molecule has 0 unspecified atom stereocenters. The zero-order chi connectivity index (χ0) is 38.0. The Kier molecular flexibility index (Phi) is 22.4. The van der Waals surface area contributed by atoms with E-state index in [0.29, 0.717) is 0 Å². The van der Waals surface area contributed by atoms with Gasteiger partial charge < -0.3 is 9.11 Å². The van der Waals surface area contributed by atoms with Crippen LogP contribution in [0.3, 0.4) is 0 Å². The van der Waals surface area contributed by atoms with Gasteiger partial charge in [-0.15, -0.1) is 0 Å². The summed E-state index contributed by atoms with van der Waals surface area (Å²) in [6.45, 7) is 8.82. The summed E-state index contributed by atoms with van der Waals surface area (Å²) in [7, 11) is -8.84. The maximum atomic E-state index is 11.4. The largest absolute Gasteiger partial charge is 2.00 e. The van der Waals surface area contributed by atoms with Gasteiger partial charge in [0.15, 0.2) is 0 Å². The molecule has 0 N–H and O–H groups in total. The third kappa shape index (κ3) is 16.6. The molecule has 4 rings (SSSR count). The first-order valence-electron chi connectivity index (χ1n) is 19.9. The first-order chi connectivity index (χ1) is 24.9. The molecule has 0 bridgehead atoms. The molecule has 0 saturated carbocycles. The van der Waals surface area contributed by atoms with Crippen molar-refractivity contribution in [3.63, 3.8) is 0 Å². The Balaban J connectivity index is 0.000000360.